The molecule has 0 saturated carbocycles. The lowest BCUT2D eigenvalue weighted by Crippen LogP contribution is -2.34. The second kappa shape index (κ2) is 7.03. The maximum atomic E-state index is 11.0. The van der Waals surface area contributed by atoms with Crippen LogP contribution in [0.1, 0.15) is 96.0 Å². The number of hydrogen-bond donors (Lipinski definition) is 1. The molecule has 0 spiro atoms. The Morgan fingerprint density at radius 3 is 0.974 bits per heavy atom. The number of hydrogen-bond acceptors (Lipinski definition) is 2. The van der Waals surface area contributed by atoms with E-state index >= 15 is 0 Å². The first-order valence-electron chi connectivity index (χ1n) is 13.5. The molecule has 11 rings (SSSR count). The van der Waals surface area contributed by atoms with Gasteiger partial charge in [0.05, 0.1) is 11.6 Å². The van der Waals surface area contributed by atoms with Crippen molar-refractivity contribution < 1.29 is 0 Å². The van der Waals surface area contributed by atoms with Crippen molar-refractivity contribution in [1.82, 2.24) is 0 Å². The van der Waals surface area contributed by atoms with Crippen molar-refractivity contribution in [1.29, 1.82) is 5.26 Å². The summed E-state index contributed by atoms with van der Waals surface area (Å²) in [5.41, 5.74) is 18.1. The molecule has 5 aromatic carbocycles. The summed E-state index contributed by atoms with van der Waals surface area (Å²) in [7, 11) is 2.07. The first kappa shape index (κ1) is 20.4. The molecule has 4 bridgehead atoms. The molecule has 5 aromatic rings. The molecule has 6 aliphatic carbocycles. The minimum atomic E-state index is 0.0698. The average molecular weight is 485 g/mol. The highest BCUT2D eigenvalue weighted by Crippen LogP contribution is 2.65. The first-order valence-corrected chi connectivity index (χ1v) is 13.5. The standard InChI is InChI=1S/C36H24N2/c1-38-36-34-30-23-14-6-2-10-19(23)28(20-11-3-7-15-24(20)30)32(34)27(18-37)33-29-21-12-4-8-16-25(21)31(35(33)36)26-17-9-5-13-22(26)29/h2-17,28-31,38H,1H3. The molecule has 0 amide bonds. The number of benzene rings is 5. The van der Waals surface area contributed by atoms with Crippen LogP contribution in [0.2, 0.25) is 0 Å². The Balaban J connectivity index is 1.47. The van der Waals surface area contributed by atoms with E-state index in [4.69, 9.17) is 0 Å². The Labute approximate surface area is 222 Å². The normalized spacial score (nSPS) is 21.8. The lowest BCUT2D eigenvalue weighted by Gasteiger charge is -2.49. The van der Waals surface area contributed by atoms with E-state index in [0.29, 0.717) is 0 Å². The van der Waals surface area contributed by atoms with Crippen LogP contribution >= 0.6 is 0 Å². The highest BCUT2D eigenvalue weighted by Gasteiger charge is 2.50. The van der Waals surface area contributed by atoms with Gasteiger partial charge in [0, 0.05) is 36.4 Å². The van der Waals surface area contributed by atoms with Gasteiger partial charge in [-0.3, -0.25) is 0 Å². The predicted molar refractivity (Wildman–Crippen MR) is 150 cm³/mol. The number of anilines is 1. The van der Waals surface area contributed by atoms with E-state index in [1.165, 1.54) is 72.4 Å². The maximum Gasteiger partial charge on any atom is 0.0998 e. The van der Waals surface area contributed by atoms with E-state index in [1.807, 2.05) is 0 Å². The lowest BCUT2D eigenvalue weighted by atomic mass is 9.54. The van der Waals surface area contributed by atoms with Gasteiger partial charge in [-0.15, -0.1) is 0 Å². The van der Waals surface area contributed by atoms with E-state index in [0.717, 1.165) is 5.56 Å². The Morgan fingerprint density at radius 2 is 0.737 bits per heavy atom. The SMILES string of the molecule is CNc1c2c(c(C#N)c3c1C1c4ccccc4C3c3ccccc31)C1c3ccccc3C2c2ccccc21. The zero-order valence-electron chi connectivity index (χ0n) is 21.0. The van der Waals surface area contributed by atoms with E-state index in [-0.39, 0.29) is 23.7 Å². The fourth-order valence-electron chi connectivity index (χ4n) is 8.48. The molecule has 0 heterocycles. The van der Waals surface area contributed by atoms with Gasteiger partial charge in [0.15, 0.2) is 0 Å². The number of nitrogens with zero attached hydrogens (tertiary/aromatic N) is 1. The molecule has 0 radical (unpaired) electrons. The summed E-state index contributed by atoms with van der Waals surface area (Å²) >= 11 is 0. The minimum absolute atomic E-state index is 0.0698. The summed E-state index contributed by atoms with van der Waals surface area (Å²) in [6.07, 6.45) is 0. The molecule has 38 heavy (non-hydrogen) atoms. The van der Waals surface area contributed by atoms with Crippen molar-refractivity contribution in [2.24, 2.45) is 0 Å². The largest absolute Gasteiger partial charge is 0.388 e. The topological polar surface area (TPSA) is 35.8 Å². The molecule has 0 aromatic heterocycles. The summed E-state index contributed by atoms with van der Waals surface area (Å²) in [4.78, 5) is 0. The molecule has 6 aliphatic rings. The fraction of sp³-hybridized carbons (Fsp3) is 0.139. The number of nitrogens with one attached hydrogen (secondary N) is 1. The Morgan fingerprint density at radius 1 is 0.474 bits per heavy atom. The average Bonchev–Trinajstić information content (AvgIpc) is 2.99. The van der Waals surface area contributed by atoms with Crippen molar-refractivity contribution in [3.05, 3.63) is 169 Å². The van der Waals surface area contributed by atoms with Crippen molar-refractivity contribution in [2.45, 2.75) is 23.7 Å². The summed E-state index contributed by atoms with van der Waals surface area (Å²) in [5, 5.41) is 14.7. The maximum absolute atomic E-state index is 11.0. The highest BCUT2D eigenvalue weighted by atomic mass is 14.8. The Bertz CT molecular complexity index is 1680. The van der Waals surface area contributed by atoms with Gasteiger partial charge < -0.3 is 5.32 Å². The van der Waals surface area contributed by atoms with Crippen molar-refractivity contribution in [3.8, 4) is 6.07 Å². The molecule has 0 atom stereocenters. The van der Waals surface area contributed by atoms with Crippen LogP contribution in [-0.4, -0.2) is 7.05 Å². The zero-order chi connectivity index (χ0) is 25.1. The monoisotopic (exact) mass is 484 g/mol. The zero-order valence-corrected chi connectivity index (χ0v) is 21.0. The van der Waals surface area contributed by atoms with Crippen LogP contribution in [-0.2, 0) is 0 Å². The van der Waals surface area contributed by atoms with Gasteiger partial charge in [0.1, 0.15) is 0 Å². The third-order valence-electron chi connectivity index (χ3n) is 9.65. The molecule has 0 unspecified atom stereocenters. The molecule has 0 aliphatic heterocycles. The van der Waals surface area contributed by atoms with Crippen LogP contribution in [0.3, 0.4) is 0 Å². The third kappa shape index (κ3) is 2.18. The quantitative estimate of drug-likeness (QED) is 0.261. The van der Waals surface area contributed by atoms with E-state index < -0.39 is 0 Å². The number of rotatable bonds is 1. The lowest BCUT2D eigenvalue weighted by molar-refractivity contribution is 0.715. The predicted octanol–water partition coefficient (Wildman–Crippen LogP) is 7.57. The number of nitriles is 1. The van der Waals surface area contributed by atoms with Crippen molar-refractivity contribution in [2.75, 3.05) is 12.4 Å². The van der Waals surface area contributed by atoms with Gasteiger partial charge in [-0.05, 0) is 66.8 Å². The molecule has 0 fully saturated rings. The molecule has 2 nitrogen and oxygen atoms in total. The van der Waals surface area contributed by atoms with Crippen LogP contribution in [0.5, 0.6) is 0 Å². The summed E-state index contributed by atoms with van der Waals surface area (Å²) < 4.78 is 0. The third-order valence-corrected chi connectivity index (χ3v) is 9.65. The summed E-state index contributed by atoms with van der Waals surface area (Å²) in [6.45, 7) is 0. The Hall–Kier alpha value is -4.61. The molecular formula is C36H24N2. The van der Waals surface area contributed by atoms with Gasteiger partial charge in [0.25, 0.3) is 0 Å². The Kier molecular flexibility index (Phi) is 3.78. The van der Waals surface area contributed by atoms with Gasteiger partial charge in [-0.25, -0.2) is 0 Å². The molecule has 178 valence electrons. The van der Waals surface area contributed by atoms with Crippen molar-refractivity contribution in [3.63, 3.8) is 0 Å². The van der Waals surface area contributed by atoms with Crippen molar-refractivity contribution >= 4 is 5.69 Å². The van der Waals surface area contributed by atoms with Crippen LogP contribution in [0, 0.1) is 11.3 Å². The van der Waals surface area contributed by atoms with Crippen LogP contribution in [0.25, 0.3) is 0 Å². The smallest absolute Gasteiger partial charge is 0.0998 e. The fourth-order valence-corrected chi connectivity index (χ4v) is 8.48. The van der Waals surface area contributed by atoms with E-state index in [2.05, 4.69) is 115 Å². The van der Waals surface area contributed by atoms with Gasteiger partial charge in [-0.1, -0.05) is 97.1 Å². The molecule has 1 N–H and O–H groups in total. The van der Waals surface area contributed by atoms with Crippen LogP contribution < -0.4 is 5.32 Å². The molecule has 0 saturated heterocycles. The van der Waals surface area contributed by atoms with E-state index in [9.17, 15) is 5.26 Å². The van der Waals surface area contributed by atoms with Gasteiger partial charge in [-0.2, -0.15) is 5.26 Å². The minimum Gasteiger partial charge on any atom is -0.388 e. The first-order chi connectivity index (χ1) is 18.8. The van der Waals surface area contributed by atoms with E-state index in [1.54, 1.807) is 0 Å². The molecular weight excluding hydrogens is 460 g/mol. The van der Waals surface area contributed by atoms with Crippen LogP contribution in [0.4, 0.5) is 5.69 Å². The highest BCUT2D eigenvalue weighted by molar-refractivity contribution is 5.85. The molecule has 2 heteroatoms. The summed E-state index contributed by atoms with van der Waals surface area (Å²) in [5.74, 6) is 0.377. The van der Waals surface area contributed by atoms with Crippen LogP contribution in [0.15, 0.2) is 97.1 Å². The van der Waals surface area contributed by atoms with Gasteiger partial charge >= 0.3 is 0 Å². The second-order valence-corrected chi connectivity index (χ2v) is 11.0. The van der Waals surface area contributed by atoms with Gasteiger partial charge in [0.2, 0.25) is 0 Å². The second-order valence-electron chi connectivity index (χ2n) is 11.0. The summed E-state index contributed by atoms with van der Waals surface area (Å²) in [6, 6.07) is 38.4.